The predicted octanol–water partition coefficient (Wildman–Crippen LogP) is 3.71. The monoisotopic (exact) mass is 395 g/mol. The SMILES string of the molecule is C[C@@H](Sc1nnnn1-c1cccc(Cl)c1)C(=O)Nc1ccc(F)c(F)c1. The quantitative estimate of drug-likeness (QED) is 0.667. The summed E-state index contributed by atoms with van der Waals surface area (Å²) in [5.74, 6) is -2.42. The standard InChI is InChI=1S/C16H12ClF2N5OS/c1-9(15(25)20-11-5-6-13(18)14(19)8-11)26-16-21-22-23-24(16)12-4-2-3-10(17)7-12/h2-9H,1H3,(H,20,25)/t9-/m1/s1. The van der Waals surface area contributed by atoms with E-state index >= 15 is 0 Å². The summed E-state index contributed by atoms with van der Waals surface area (Å²) in [6, 6.07) is 10.1. The van der Waals surface area contributed by atoms with Crippen LogP contribution >= 0.6 is 23.4 Å². The van der Waals surface area contributed by atoms with Crippen molar-refractivity contribution in [2.45, 2.75) is 17.3 Å². The molecule has 0 fully saturated rings. The second kappa shape index (κ2) is 7.79. The molecule has 0 radical (unpaired) electrons. The highest BCUT2D eigenvalue weighted by molar-refractivity contribution is 8.00. The first-order valence-electron chi connectivity index (χ1n) is 7.41. The molecule has 134 valence electrons. The normalized spacial score (nSPS) is 12.0. The number of hydrogen-bond acceptors (Lipinski definition) is 5. The maximum absolute atomic E-state index is 13.2. The lowest BCUT2D eigenvalue weighted by molar-refractivity contribution is -0.115. The van der Waals surface area contributed by atoms with Gasteiger partial charge in [-0.2, -0.15) is 4.68 Å². The number of halogens is 3. The van der Waals surface area contributed by atoms with Crippen molar-refractivity contribution in [2.24, 2.45) is 0 Å². The van der Waals surface area contributed by atoms with Gasteiger partial charge in [0.1, 0.15) is 0 Å². The van der Waals surface area contributed by atoms with Gasteiger partial charge in [-0.1, -0.05) is 29.4 Å². The van der Waals surface area contributed by atoms with Crippen molar-refractivity contribution in [3.8, 4) is 5.69 Å². The molecule has 0 saturated heterocycles. The third-order valence-corrected chi connectivity index (χ3v) is 4.60. The lowest BCUT2D eigenvalue weighted by Crippen LogP contribution is -2.23. The van der Waals surface area contributed by atoms with E-state index in [1.165, 1.54) is 10.7 Å². The number of anilines is 1. The van der Waals surface area contributed by atoms with E-state index in [4.69, 9.17) is 11.6 Å². The van der Waals surface area contributed by atoms with Crippen LogP contribution in [0.15, 0.2) is 47.6 Å². The molecule has 3 rings (SSSR count). The summed E-state index contributed by atoms with van der Waals surface area (Å²) in [4.78, 5) is 12.3. The highest BCUT2D eigenvalue weighted by Gasteiger charge is 2.20. The minimum atomic E-state index is -1.03. The van der Waals surface area contributed by atoms with Gasteiger partial charge in [0.25, 0.3) is 0 Å². The fraction of sp³-hybridized carbons (Fsp3) is 0.125. The molecule has 1 aromatic heterocycles. The summed E-state index contributed by atoms with van der Waals surface area (Å²) >= 11 is 7.09. The number of nitrogens with zero attached hydrogens (tertiary/aromatic N) is 4. The summed E-state index contributed by atoms with van der Waals surface area (Å²) in [5, 5.41) is 14.3. The Kier molecular flexibility index (Phi) is 5.48. The van der Waals surface area contributed by atoms with Gasteiger partial charge >= 0.3 is 0 Å². The lowest BCUT2D eigenvalue weighted by atomic mass is 10.3. The van der Waals surface area contributed by atoms with Gasteiger partial charge in [-0.3, -0.25) is 4.79 Å². The number of carbonyl (C=O) groups excluding carboxylic acids is 1. The predicted molar refractivity (Wildman–Crippen MR) is 94.5 cm³/mol. The third kappa shape index (κ3) is 4.17. The van der Waals surface area contributed by atoms with E-state index < -0.39 is 22.8 Å². The summed E-state index contributed by atoms with van der Waals surface area (Å²) in [6.07, 6.45) is 0. The largest absolute Gasteiger partial charge is 0.325 e. The molecule has 1 heterocycles. The third-order valence-electron chi connectivity index (χ3n) is 3.33. The Morgan fingerprint density at radius 3 is 2.77 bits per heavy atom. The Hall–Kier alpha value is -2.52. The number of aromatic nitrogens is 4. The van der Waals surface area contributed by atoms with Gasteiger partial charge in [-0.15, -0.1) is 5.10 Å². The molecule has 26 heavy (non-hydrogen) atoms. The molecule has 0 aliphatic heterocycles. The van der Waals surface area contributed by atoms with Crippen LogP contribution in [0.4, 0.5) is 14.5 Å². The number of hydrogen-bond donors (Lipinski definition) is 1. The van der Waals surface area contributed by atoms with Gasteiger partial charge in [0.05, 0.1) is 10.9 Å². The fourth-order valence-electron chi connectivity index (χ4n) is 2.05. The zero-order chi connectivity index (χ0) is 18.7. The molecule has 0 saturated carbocycles. The van der Waals surface area contributed by atoms with Crippen molar-refractivity contribution in [3.63, 3.8) is 0 Å². The van der Waals surface area contributed by atoms with Gasteiger partial charge in [-0.25, -0.2) is 8.78 Å². The molecule has 0 bridgehead atoms. The number of carbonyl (C=O) groups is 1. The number of thioether (sulfide) groups is 1. The number of nitrogens with one attached hydrogen (secondary N) is 1. The van der Waals surface area contributed by atoms with Crippen LogP contribution in [-0.2, 0) is 4.79 Å². The van der Waals surface area contributed by atoms with Crippen LogP contribution in [0.25, 0.3) is 5.69 Å². The average Bonchev–Trinajstić information content (AvgIpc) is 3.06. The smallest absolute Gasteiger partial charge is 0.237 e. The van der Waals surface area contributed by atoms with Gasteiger partial charge < -0.3 is 5.32 Å². The molecular formula is C16H12ClF2N5OS. The van der Waals surface area contributed by atoms with E-state index in [9.17, 15) is 13.6 Å². The summed E-state index contributed by atoms with van der Waals surface area (Å²) < 4.78 is 27.6. The van der Waals surface area contributed by atoms with E-state index in [1.54, 1.807) is 31.2 Å². The highest BCUT2D eigenvalue weighted by atomic mass is 35.5. The van der Waals surface area contributed by atoms with Gasteiger partial charge in [0.15, 0.2) is 11.6 Å². The molecule has 1 N–H and O–H groups in total. The first-order chi connectivity index (χ1) is 12.4. The second-order valence-corrected chi connectivity index (χ2v) is 6.98. The fourth-order valence-corrected chi connectivity index (χ4v) is 3.04. The van der Waals surface area contributed by atoms with E-state index in [0.717, 1.165) is 23.9 Å². The van der Waals surface area contributed by atoms with E-state index in [2.05, 4.69) is 20.8 Å². The van der Waals surface area contributed by atoms with Crippen molar-refractivity contribution in [1.82, 2.24) is 20.2 Å². The topological polar surface area (TPSA) is 72.7 Å². The van der Waals surface area contributed by atoms with Crippen molar-refractivity contribution in [3.05, 3.63) is 59.1 Å². The van der Waals surface area contributed by atoms with Crippen LogP contribution in [0.2, 0.25) is 5.02 Å². The van der Waals surface area contributed by atoms with Crippen LogP contribution in [0.5, 0.6) is 0 Å². The first kappa shape index (κ1) is 18.3. The Bertz CT molecular complexity index is 952. The molecule has 10 heteroatoms. The number of amides is 1. The minimum Gasteiger partial charge on any atom is -0.325 e. The van der Waals surface area contributed by atoms with Crippen LogP contribution < -0.4 is 5.32 Å². The summed E-state index contributed by atoms with van der Waals surface area (Å²) in [5.41, 5.74) is 0.814. The lowest BCUT2D eigenvalue weighted by Gasteiger charge is -2.12. The highest BCUT2D eigenvalue weighted by Crippen LogP contribution is 2.25. The zero-order valence-corrected chi connectivity index (χ0v) is 14.9. The molecule has 0 aliphatic rings. The van der Waals surface area contributed by atoms with Crippen molar-refractivity contribution < 1.29 is 13.6 Å². The molecular weight excluding hydrogens is 384 g/mol. The summed E-state index contributed by atoms with van der Waals surface area (Å²) in [6.45, 7) is 1.65. The molecule has 1 amide bonds. The number of rotatable bonds is 5. The van der Waals surface area contributed by atoms with Crippen molar-refractivity contribution in [2.75, 3.05) is 5.32 Å². The first-order valence-corrected chi connectivity index (χ1v) is 8.66. The molecule has 6 nitrogen and oxygen atoms in total. The minimum absolute atomic E-state index is 0.163. The van der Waals surface area contributed by atoms with E-state index in [1.807, 2.05) is 0 Å². The Morgan fingerprint density at radius 1 is 1.23 bits per heavy atom. The molecule has 2 aromatic carbocycles. The Morgan fingerprint density at radius 2 is 2.04 bits per heavy atom. The maximum atomic E-state index is 13.2. The van der Waals surface area contributed by atoms with Crippen molar-refractivity contribution in [1.29, 1.82) is 0 Å². The molecule has 0 spiro atoms. The zero-order valence-electron chi connectivity index (χ0n) is 13.4. The van der Waals surface area contributed by atoms with E-state index in [0.29, 0.717) is 15.9 Å². The van der Waals surface area contributed by atoms with Gasteiger partial charge in [-0.05, 0) is 47.7 Å². The maximum Gasteiger partial charge on any atom is 0.237 e. The molecule has 0 unspecified atom stereocenters. The molecule has 0 aliphatic carbocycles. The van der Waals surface area contributed by atoms with Crippen LogP contribution in [0.1, 0.15) is 6.92 Å². The number of tetrazole rings is 1. The molecule has 1 atom stereocenters. The average molecular weight is 396 g/mol. The summed E-state index contributed by atoms with van der Waals surface area (Å²) in [7, 11) is 0. The van der Waals surface area contributed by atoms with Gasteiger partial charge in [0, 0.05) is 16.8 Å². The Labute approximate surface area is 156 Å². The van der Waals surface area contributed by atoms with E-state index in [-0.39, 0.29) is 5.69 Å². The number of benzene rings is 2. The Balaban J connectivity index is 1.72. The second-order valence-electron chi connectivity index (χ2n) is 5.23. The van der Waals surface area contributed by atoms with Crippen LogP contribution in [-0.4, -0.2) is 31.4 Å². The molecule has 3 aromatic rings. The van der Waals surface area contributed by atoms with Crippen LogP contribution in [0, 0.1) is 11.6 Å². The van der Waals surface area contributed by atoms with Crippen molar-refractivity contribution >= 4 is 35.0 Å². The van der Waals surface area contributed by atoms with Gasteiger partial charge in [0.2, 0.25) is 11.1 Å². The van der Waals surface area contributed by atoms with Crippen LogP contribution in [0.3, 0.4) is 0 Å².